The maximum absolute atomic E-state index is 12.5. The third-order valence-corrected chi connectivity index (χ3v) is 11.1. The van der Waals surface area contributed by atoms with Gasteiger partial charge in [0.2, 0.25) is 0 Å². The number of carbonyl (C=O) groups is 2. The van der Waals surface area contributed by atoms with Crippen molar-refractivity contribution in [1.29, 1.82) is 0 Å². The maximum atomic E-state index is 12.5. The molecule has 0 unspecified atom stereocenters. The van der Waals surface area contributed by atoms with Crippen molar-refractivity contribution >= 4 is 23.3 Å². The van der Waals surface area contributed by atoms with Gasteiger partial charge in [-0.25, -0.2) is 4.79 Å². The number of carboxylic acids is 1. The molecule has 4 aliphatic rings. The van der Waals surface area contributed by atoms with Gasteiger partial charge < -0.3 is 25.5 Å². The summed E-state index contributed by atoms with van der Waals surface area (Å²) >= 11 is 0. The molecule has 3 saturated carbocycles. The number of rotatable bonds is 8. The molecule has 4 N–H and O–H groups in total. The van der Waals surface area contributed by atoms with Crippen molar-refractivity contribution in [2.75, 3.05) is 6.61 Å². The summed E-state index contributed by atoms with van der Waals surface area (Å²) in [5.41, 5.74) is 0.464. The number of allylic oxidation sites excluding steroid dienone is 2. The topological polar surface area (TPSA) is 172 Å². The van der Waals surface area contributed by atoms with Crippen LogP contribution in [0.25, 0.3) is 0 Å². The van der Waals surface area contributed by atoms with Crippen molar-refractivity contribution in [3.05, 3.63) is 51.6 Å². The summed E-state index contributed by atoms with van der Waals surface area (Å²) in [4.78, 5) is 39.9. The Morgan fingerprint density at radius 1 is 1.21 bits per heavy atom. The SMILES string of the molecule is C#C[C@]1(O)CC[C@@H]2[C@@H]3CCC4=CC(=NOCC(=O)N[C@H](C(=O)O)[C@H](O)c5cccc([N+](=O)[O-])c5)CC[C@]4(C)[C@H]3CC[C@@]21C. The van der Waals surface area contributed by atoms with Crippen LogP contribution in [0.1, 0.15) is 76.9 Å². The maximum Gasteiger partial charge on any atom is 0.329 e. The number of hydrogen-bond donors (Lipinski definition) is 4. The monoisotopic (exact) mass is 593 g/mol. The Morgan fingerprint density at radius 3 is 2.65 bits per heavy atom. The number of aliphatic hydroxyl groups excluding tert-OH is 1. The molecule has 0 bridgehead atoms. The number of carboxylic acid groups (broad SMARTS) is 1. The lowest BCUT2D eigenvalue weighted by Crippen LogP contribution is -2.54. The number of nitro groups is 1. The quantitative estimate of drug-likeness (QED) is 0.200. The first-order valence-corrected chi connectivity index (χ1v) is 14.9. The van der Waals surface area contributed by atoms with Crippen molar-refractivity contribution < 1.29 is 34.7 Å². The number of fused-ring (bicyclic) bond motifs is 5. The number of nitro benzene ring substituents is 1. The second-order valence-corrected chi connectivity index (χ2v) is 13.0. The van der Waals surface area contributed by atoms with E-state index in [1.807, 2.05) is 0 Å². The standard InChI is InChI=1S/C32H39N3O8/c1-4-32(40)15-12-25-23-9-8-20-17-21(10-13-30(20,2)24(23)11-14-31(25,32)3)34-43-18-26(36)33-27(29(38)39)28(37)19-6-5-7-22(16-19)35(41)42/h1,5-7,16-17,23-25,27-28,37,40H,8-15,18H2,2-3H3,(H,33,36)(H,38,39)/t23-,24+,25-,27+,28-,30+,31+,32+/m1/s1. The highest BCUT2D eigenvalue weighted by Gasteiger charge is 2.63. The Hall–Kier alpha value is -3.75. The van der Waals surface area contributed by atoms with E-state index < -0.39 is 41.2 Å². The average molecular weight is 594 g/mol. The van der Waals surface area contributed by atoms with Gasteiger partial charge in [-0.2, -0.15) is 0 Å². The lowest BCUT2D eigenvalue weighted by molar-refractivity contribution is -0.385. The molecular weight excluding hydrogens is 554 g/mol. The molecule has 0 radical (unpaired) electrons. The van der Waals surface area contributed by atoms with Crippen LogP contribution in [0.4, 0.5) is 5.69 Å². The van der Waals surface area contributed by atoms with Crippen molar-refractivity contribution in [1.82, 2.24) is 5.32 Å². The van der Waals surface area contributed by atoms with Crippen molar-refractivity contribution in [2.45, 2.75) is 83.0 Å². The van der Waals surface area contributed by atoms with Crippen molar-refractivity contribution in [2.24, 2.45) is 33.7 Å². The number of amides is 1. The van der Waals surface area contributed by atoms with Gasteiger partial charge in [0.25, 0.3) is 11.6 Å². The number of terminal acetylenes is 1. The van der Waals surface area contributed by atoms with E-state index in [0.717, 1.165) is 44.6 Å². The second-order valence-electron chi connectivity index (χ2n) is 13.0. The summed E-state index contributed by atoms with van der Waals surface area (Å²) < 4.78 is 0. The van der Waals surface area contributed by atoms with Crippen LogP contribution >= 0.6 is 0 Å². The number of nitrogens with zero attached hydrogens (tertiary/aromatic N) is 2. The van der Waals surface area contributed by atoms with E-state index in [4.69, 9.17) is 11.3 Å². The fraction of sp³-hybridized carbons (Fsp3) is 0.594. The zero-order valence-electron chi connectivity index (χ0n) is 24.5. The van der Waals surface area contributed by atoms with Crippen LogP contribution in [0.3, 0.4) is 0 Å². The van der Waals surface area contributed by atoms with Crippen LogP contribution in [0, 0.1) is 51.0 Å². The van der Waals surface area contributed by atoms with Crippen LogP contribution in [0.2, 0.25) is 0 Å². The second kappa shape index (κ2) is 11.4. The minimum absolute atomic E-state index is 0.0167. The molecule has 230 valence electrons. The van der Waals surface area contributed by atoms with Gasteiger partial charge in [0.1, 0.15) is 11.7 Å². The molecule has 0 spiro atoms. The molecule has 0 aliphatic heterocycles. The van der Waals surface area contributed by atoms with E-state index in [0.29, 0.717) is 36.3 Å². The van der Waals surface area contributed by atoms with Crippen LogP contribution in [0.5, 0.6) is 0 Å². The molecule has 8 atom stereocenters. The number of hydrogen-bond acceptors (Lipinski definition) is 8. The van der Waals surface area contributed by atoms with Crippen LogP contribution in [-0.4, -0.2) is 56.1 Å². The number of carbonyl (C=O) groups excluding carboxylic acids is 1. The molecular formula is C32H39N3O8. The molecule has 43 heavy (non-hydrogen) atoms. The van der Waals surface area contributed by atoms with Gasteiger partial charge in [0.15, 0.2) is 12.6 Å². The molecule has 4 aliphatic carbocycles. The summed E-state index contributed by atoms with van der Waals surface area (Å²) in [6.07, 6.45) is 13.2. The van der Waals surface area contributed by atoms with Crippen LogP contribution in [-0.2, 0) is 14.4 Å². The highest BCUT2D eigenvalue weighted by molar-refractivity contribution is 5.96. The Morgan fingerprint density at radius 2 is 1.95 bits per heavy atom. The van der Waals surface area contributed by atoms with E-state index in [1.165, 1.54) is 23.8 Å². The Labute approximate surface area is 250 Å². The summed E-state index contributed by atoms with van der Waals surface area (Å²) in [7, 11) is 0. The normalized spacial score (nSPS) is 35.3. The van der Waals surface area contributed by atoms with E-state index >= 15 is 0 Å². The van der Waals surface area contributed by atoms with Crippen molar-refractivity contribution in [3.8, 4) is 12.3 Å². The number of non-ortho nitro benzene ring substituents is 1. The fourth-order valence-electron chi connectivity index (χ4n) is 8.58. The van der Waals surface area contributed by atoms with Gasteiger partial charge in [-0.1, -0.05) is 42.6 Å². The molecule has 0 saturated heterocycles. The van der Waals surface area contributed by atoms with Crippen molar-refractivity contribution in [3.63, 3.8) is 0 Å². The number of aliphatic hydroxyl groups is 2. The van der Waals surface area contributed by atoms with Gasteiger partial charge in [0.05, 0.1) is 10.6 Å². The Kier molecular flexibility index (Phi) is 8.13. The molecule has 0 aromatic heterocycles. The van der Waals surface area contributed by atoms with Gasteiger partial charge in [-0.15, -0.1) is 6.42 Å². The Balaban J connectivity index is 1.21. The first-order valence-electron chi connectivity index (χ1n) is 14.9. The minimum atomic E-state index is -1.74. The molecule has 0 heterocycles. The summed E-state index contributed by atoms with van der Waals surface area (Å²) in [5, 5.41) is 48.7. The average Bonchev–Trinajstić information content (AvgIpc) is 3.26. The van der Waals surface area contributed by atoms with Gasteiger partial charge in [-0.3, -0.25) is 14.9 Å². The molecule has 1 aromatic rings. The van der Waals surface area contributed by atoms with Crippen LogP contribution in [0.15, 0.2) is 41.1 Å². The fourth-order valence-corrected chi connectivity index (χ4v) is 8.58. The Bertz CT molecular complexity index is 1420. The minimum Gasteiger partial charge on any atom is -0.480 e. The molecule has 5 rings (SSSR count). The van der Waals surface area contributed by atoms with E-state index in [1.54, 1.807) is 0 Å². The molecule has 3 fully saturated rings. The molecule has 1 aromatic carbocycles. The summed E-state index contributed by atoms with van der Waals surface area (Å²) in [6, 6.07) is 3.20. The zero-order valence-corrected chi connectivity index (χ0v) is 24.5. The van der Waals surface area contributed by atoms with Gasteiger partial charge in [-0.05, 0) is 86.2 Å². The predicted molar refractivity (Wildman–Crippen MR) is 156 cm³/mol. The van der Waals surface area contributed by atoms with E-state index in [2.05, 4.69) is 36.3 Å². The first-order chi connectivity index (χ1) is 20.3. The number of oxime groups is 1. The van der Waals surface area contributed by atoms with Gasteiger partial charge >= 0.3 is 5.97 Å². The highest BCUT2D eigenvalue weighted by atomic mass is 16.6. The first kappa shape index (κ1) is 30.7. The van der Waals surface area contributed by atoms with Gasteiger partial charge in [0, 0.05) is 17.5 Å². The number of nitrogens with one attached hydrogen (secondary N) is 1. The molecule has 1 amide bonds. The van der Waals surface area contributed by atoms with Crippen LogP contribution < -0.4 is 5.32 Å². The summed E-state index contributed by atoms with van der Waals surface area (Å²) in [6.45, 7) is 3.96. The third-order valence-electron chi connectivity index (χ3n) is 11.1. The number of benzene rings is 1. The smallest absolute Gasteiger partial charge is 0.329 e. The third kappa shape index (κ3) is 5.31. The lowest BCUT2D eigenvalue weighted by Gasteiger charge is -2.58. The summed E-state index contributed by atoms with van der Waals surface area (Å²) in [5.74, 6) is 1.85. The van der Waals surface area contributed by atoms with E-state index in [-0.39, 0.29) is 22.1 Å². The lowest BCUT2D eigenvalue weighted by atomic mass is 9.46. The molecule has 11 heteroatoms. The van der Waals surface area contributed by atoms with E-state index in [9.17, 15) is 35.0 Å². The predicted octanol–water partition coefficient (Wildman–Crippen LogP) is 3.90. The number of aliphatic carboxylic acids is 1. The molecule has 11 nitrogen and oxygen atoms in total. The largest absolute Gasteiger partial charge is 0.480 e. The zero-order chi connectivity index (χ0) is 31.2. The highest BCUT2D eigenvalue weighted by Crippen LogP contribution is 2.67.